The topological polar surface area (TPSA) is 81.0 Å². The van der Waals surface area contributed by atoms with Crippen molar-refractivity contribution in [3.63, 3.8) is 0 Å². The molecule has 1 fully saturated rings. The highest BCUT2D eigenvalue weighted by molar-refractivity contribution is 5.47. The van der Waals surface area contributed by atoms with E-state index < -0.39 is 0 Å². The van der Waals surface area contributed by atoms with Crippen molar-refractivity contribution in [1.82, 2.24) is 19.9 Å². The summed E-state index contributed by atoms with van der Waals surface area (Å²) in [5, 5.41) is 12.4. The van der Waals surface area contributed by atoms with Crippen LogP contribution in [0.1, 0.15) is 12.6 Å². The Kier molecular flexibility index (Phi) is 5.18. The van der Waals surface area contributed by atoms with Gasteiger partial charge in [0.15, 0.2) is 11.5 Å². The number of pyridine rings is 1. The third kappa shape index (κ3) is 3.97. The number of anilines is 2. The number of nitrogens with zero attached hydrogens (tertiary/aromatic N) is 6. The zero-order valence-electron chi connectivity index (χ0n) is 13.8. The Morgan fingerprint density at radius 3 is 2.62 bits per heavy atom. The highest BCUT2D eigenvalue weighted by Gasteiger charge is 2.19. The molecular formula is C17H21N7. The van der Waals surface area contributed by atoms with E-state index in [-0.39, 0.29) is 6.04 Å². The lowest BCUT2D eigenvalue weighted by Gasteiger charge is -2.36. The number of rotatable bonds is 5. The Bertz CT molecular complexity index is 690. The molecule has 0 spiro atoms. The van der Waals surface area contributed by atoms with E-state index in [0.29, 0.717) is 11.5 Å². The lowest BCUT2D eigenvalue weighted by molar-refractivity contribution is 0.250. The van der Waals surface area contributed by atoms with Crippen LogP contribution in [0.25, 0.3) is 0 Å². The van der Waals surface area contributed by atoms with Crippen LogP contribution in [0.5, 0.6) is 0 Å². The van der Waals surface area contributed by atoms with Gasteiger partial charge in [-0.15, -0.1) is 0 Å². The molecule has 24 heavy (non-hydrogen) atoms. The second kappa shape index (κ2) is 7.70. The third-order valence-corrected chi connectivity index (χ3v) is 4.06. The van der Waals surface area contributed by atoms with Gasteiger partial charge in [-0.1, -0.05) is 6.07 Å². The Labute approximate surface area is 142 Å². The van der Waals surface area contributed by atoms with Gasteiger partial charge in [-0.05, 0) is 19.1 Å². The fraction of sp³-hybridized carbons (Fsp3) is 0.412. The first-order chi connectivity index (χ1) is 11.8. The molecule has 1 saturated heterocycles. The monoisotopic (exact) mass is 323 g/mol. The molecular weight excluding hydrogens is 302 g/mol. The second-order valence-electron chi connectivity index (χ2n) is 5.89. The summed E-state index contributed by atoms with van der Waals surface area (Å²) in [5.41, 5.74) is 0.337. The molecule has 124 valence electrons. The van der Waals surface area contributed by atoms with Gasteiger partial charge in [0.25, 0.3) is 0 Å². The average Bonchev–Trinajstić information content (AvgIpc) is 2.63. The van der Waals surface area contributed by atoms with Crippen LogP contribution in [-0.4, -0.2) is 58.6 Å². The average molecular weight is 323 g/mol. The first kappa shape index (κ1) is 16.1. The summed E-state index contributed by atoms with van der Waals surface area (Å²) in [6.45, 7) is 6.93. The first-order valence-corrected chi connectivity index (χ1v) is 8.12. The smallest absolute Gasteiger partial charge is 0.182 e. The van der Waals surface area contributed by atoms with Crippen LogP contribution >= 0.6 is 0 Å². The summed E-state index contributed by atoms with van der Waals surface area (Å²) in [6.07, 6.45) is 4.97. The van der Waals surface area contributed by atoms with Gasteiger partial charge in [-0.2, -0.15) is 5.26 Å². The summed E-state index contributed by atoms with van der Waals surface area (Å²) >= 11 is 0. The van der Waals surface area contributed by atoms with Crippen molar-refractivity contribution in [3.05, 3.63) is 42.5 Å². The molecule has 7 nitrogen and oxygen atoms in total. The molecule has 1 aliphatic rings. The van der Waals surface area contributed by atoms with E-state index in [1.165, 1.54) is 6.20 Å². The fourth-order valence-corrected chi connectivity index (χ4v) is 2.89. The van der Waals surface area contributed by atoms with Gasteiger partial charge in [0.05, 0.1) is 0 Å². The van der Waals surface area contributed by atoms with Gasteiger partial charge in [0.1, 0.15) is 11.9 Å². The molecule has 1 atom stereocenters. The van der Waals surface area contributed by atoms with Crippen molar-refractivity contribution in [2.24, 2.45) is 0 Å². The Morgan fingerprint density at radius 2 is 1.92 bits per heavy atom. The van der Waals surface area contributed by atoms with Crippen LogP contribution in [0.3, 0.4) is 0 Å². The van der Waals surface area contributed by atoms with Crippen LogP contribution < -0.4 is 10.2 Å². The zero-order chi connectivity index (χ0) is 16.8. The summed E-state index contributed by atoms with van der Waals surface area (Å²) in [5.74, 6) is 1.60. The predicted molar refractivity (Wildman–Crippen MR) is 92.7 cm³/mol. The normalized spacial score (nSPS) is 16.4. The summed E-state index contributed by atoms with van der Waals surface area (Å²) < 4.78 is 0. The van der Waals surface area contributed by atoms with Crippen molar-refractivity contribution in [1.29, 1.82) is 5.26 Å². The summed E-state index contributed by atoms with van der Waals surface area (Å²) in [7, 11) is 0. The summed E-state index contributed by atoms with van der Waals surface area (Å²) in [6, 6.07) is 8.27. The summed E-state index contributed by atoms with van der Waals surface area (Å²) in [4.78, 5) is 17.4. The van der Waals surface area contributed by atoms with Crippen molar-refractivity contribution in [3.8, 4) is 6.07 Å². The van der Waals surface area contributed by atoms with Crippen LogP contribution in [0.2, 0.25) is 0 Å². The molecule has 0 bridgehead atoms. The van der Waals surface area contributed by atoms with Gasteiger partial charge in [0.2, 0.25) is 0 Å². The number of hydrogen-bond donors (Lipinski definition) is 1. The Hall–Kier alpha value is -2.72. The standard InChI is InChI=1S/C17H21N7/c1-14(22-17-15(12-18)19-6-7-21-17)13-23-8-10-24(11-9-23)16-4-2-3-5-20-16/h2-7,14H,8-11,13H2,1H3,(H,21,22)/t14-/m1/s1. The molecule has 3 heterocycles. The second-order valence-corrected chi connectivity index (χ2v) is 5.89. The highest BCUT2D eigenvalue weighted by atomic mass is 15.3. The minimum Gasteiger partial charge on any atom is -0.364 e. The predicted octanol–water partition coefficient (Wildman–Crippen LogP) is 1.37. The lowest BCUT2D eigenvalue weighted by Crippen LogP contribution is -2.49. The molecule has 1 N–H and O–H groups in total. The maximum absolute atomic E-state index is 9.08. The number of nitriles is 1. The number of hydrogen-bond acceptors (Lipinski definition) is 7. The highest BCUT2D eigenvalue weighted by Crippen LogP contribution is 2.14. The molecule has 1 aliphatic heterocycles. The van der Waals surface area contributed by atoms with Gasteiger partial charge in [-0.25, -0.2) is 15.0 Å². The minimum absolute atomic E-state index is 0.190. The van der Waals surface area contributed by atoms with Crippen LogP contribution in [0, 0.1) is 11.3 Å². The number of aromatic nitrogens is 3. The van der Waals surface area contributed by atoms with E-state index in [2.05, 4.69) is 49.1 Å². The zero-order valence-corrected chi connectivity index (χ0v) is 13.8. The van der Waals surface area contributed by atoms with Crippen molar-refractivity contribution < 1.29 is 0 Å². The molecule has 0 unspecified atom stereocenters. The van der Waals surface area contributed by atoms with Crippen molar-refractivity contribution in [2.45, 2.75) is 13.0 Å². The van der Waals surface area contributed by atoms with E-state index in [1.807, 2.05) is 18.3 Å². The maximum atomic E-state index is 9.08. The van der Waals surface area contributed by atoms with Gasteiger partial charge in [0, 0.05) is 57.4 Å². The number of piperazine rings is 1. The largest absolute Gasteiger partial charge is 0.364 e. The van der Waals surface area contributed by atoms with Gasteiger partial charge in [-0.3, -0.25) is 4.90 Å². The van der Waals surface area contributed by atoms with Crippen LogP contribution in [0.15, 0.2) is 36.8 Å². The van der Waals surface area contributed by atoms with Gasteiger partial charge < -0.3 is 10.2 Å². The van der Waals surface area contributed by atoms with Crippen molar-refractivity contribution >= 4 is 11.6 Å². The fourth-order valence-electron chi connectivity index (χ4n) is 2.89. The molecule has 3 rings (SSSR count). The molecule has 2 aromatic rings. The SMILES string of the molecule is C[C@H](CN1CCN(c2ccccn2)CC1)Nc1nccnc1C#N. The van der Waals surface area contributed by atoms with Crippen molar-refractivity contribution in [2.75, 3.05) is 42.9 Å². The van der Waals surface area contributed by atoms with E-state index in [1.54, 1.807) is 6.20 Å². The van der Waals surface area contributed by atoms with Crippen LogP contribution in [0.4, 0.5) is 11.6 Å². The van der Waals surface area contributed by atoms with E-state index in [4.69, 9.17) is 5.26 Å². The third-order valence-electron chi connectivity index (χ3n) is 4.06. The molecule has 0 saturated carbocycles. The molecule has 7 heteroatoms. The van der Waals surface area contributed by atoms with E-state index in [9.17, 15) is 0 Å². The lowest BCUT2D eigenvalue weighted by atomic mass is 10.2. The minimum atomic E-state index is 0.190. The Morgan fingerprint density at radius 1 is 1.12 bits per heavy atom. The van der Waals surface area contributed by atoms with E-state index >= 15 is 0 Å². The van der Waals surface area contributed by atoms with E-state index in [0.717, 1.165) is 38.5 Å². The molecule has 0 amide bonds. The molecule has 2 aromatic heterocycles. The maximum Gasteiger partial charge on any atom is 0.182 e. The number of nitrogens with one attached hydrogen (secondary N) is 1. The quantitative estimate of drug-likeness (QED) is 0.890. The van der Waals surface area contributed by atoms with Crippen LogP contribution in [-0.2, 0) is 0 Å². The first-order valence-electron chi connectivity index (χ1n) is 8.12. The van der Waals surface area contributed by atoms with Gasteiger partial charge >= 0.3 is 0 Å². The Balaban J connectivity index is 1.50. The molecule has 0 radical (unpaired) electrons. The molecule has 0 aromatic carbocycles. The molecule has 0 aliphatic carbocycles.